The zero-order valence-electron chi connectivity index (χ0n) is 12.8. The van der Waals surface area contributed by atoms with E-state index in [1.807, 2.05) is 0 Å². The largest absolute Gasteiger partial charge is 0.342 e. The summed E-state index contributed by atoms with van der Waals surface area (Å²) < 4.78 is 0. The molecule has 0 aliphatic heterocycles. The fourth-order valence-electron chi connectivity index (χ4n) is 2.75. The van der Waals surface area contributed by atoms with Gasteiger partial charge in [-0.15, -0.1) is 0 Å². The lowest BCUT2D eigenvalue weighted by atomic mass is 9.84. The van der Waals surface area contributed by atoms with E-state index in [2.05, 4.69) is 25.7 Å². The smallest absolute Gasteiger partial charge is 0.226 e. The highest BCUT2D eigenvalue weighted by molar-refractivity contribution is 5.79. The number of hydrogen-bond donors (Lipinski definition) is 1. The number of nitrogens with zero attached hydrogens (tertiary/aromatic N) is 1. The topological polar surface area (TPSA) is 46.3 Å². The summed E-state index contributed by atoms with van der Waals surface area (Å²) in [5.74, 6) is 1.88. The van der Waals surface area contributed by atoms with Crippen LogP contribution >= 0.6 is 0 Å². The predicted molar refractivity (Wildman–Crippen MR) is 78.6 cm³/mol. The van der Waals surface area contributed by atoms with E-state index in [0.29, 0.717) is 12.5 Å². The van der Waals surface area contributed by atoms with E-state index in [0.717, 1.165) is 31.3 Å². The number of nitrogens with two attached hydrogens (primary N) is 1. The van der Waals surface area contributed by atoms with Crippen molar-refractivity contribution in [1.29, 1.82) is 0 Å². The Kier molecular flexibility index (Phi) is 4.54. The van der Waals surface area contributed by atoms with E-state index in [-0.39, 0.29) is 11.3 Å². The summed E-state index contributed by atoms with van der Waals surface area (Å²) in [5.41, 5.74) is 6.04. The van der Waals surface area contributed by atoms with Crippen LogP contribution in [-0.2, 0) is 4.79 Å². The molecule has 0 bridgehead atoms. The SMILES string of the molecule is CC(C)(C)CC(CN)C(=O)N(CC1CC1)CC1CC1. The highest BCUT2D eigenvalue weighted by atomic mass is 16.2. The van der Waals surface area contributed by atoms with Crippen LogP contribution in [0.5, 0.6) is 0 Å². The molecule has 110 valence electrons. The summed E-state index contributed by atoms with van der Waals surface area (Å²) in [6.45, 7) is 9.02. The van der Waals surface area contributed by atoms with Gasteiger partial charge in [0.1, 0.15) is 0 Å². The minimum absolute atomic E-state index is 0.0116. The molecule has 2 N–H and O–H groups in total. The Bertz CT molecular complexity index is 299. The minimum atomic E-state index is 0.0116. The molecule has 0 radical (unpaired) electrons. The number of hydrogen-bond acceptors (Lipinski definition) is 2. The summed E-state index contributed by atoms with van der Waals surface area (Å²) >= 11 is 0. The van der Waals surface area contributed by atoms with E-state index in [1.54, 1.807) is 0 Å². The Labute approximate surface area is 117 Å². The van der Waals surface area contributed by atoms with Crippen molar-refractivity contribution < 1.29 is 4.79 Å². The first-order chi connectivity index (χ1) is 8.89. The number of carbonyl (C=O) groups excluding carboxylic acids is 1. The third kappa shape index (κ3) is 5.13. The first-order valence-electron chi connectivity index (χ1n) is 7.88. The maximum Gasteiger partial charge on any atom is 0.226 e. The van der Waals surface area contributed by atoms with Crippen LogP contribution in [0.15, 0.2) is 0 Å². The maximum atomic E-state index is 12.7. The summed E-state index contributed by atoms with van der Waals surface area (Å²) in [7, 11) is 0. The van der Waals surface area contributed by atoms with Crippen LogP contribution in [0.3, 0.4) is 0 Å². The third-order valence-electron chi connectivity index (χ3n) is 4.16. The quantitative estimate of drug-likeness (QED) is 0.770. The molecule has 2 fully saturated rings. The first-order valence-corrected chi connectivity index (χ1v) is 7.88. The molecule has 1 unspecified atom stereocenters. The second kappa shape index (κ2) is 5.82. The lowest BCUT2D eigenvalue weighted by Crippen LogP contribution is -2.42. The molecule has 2 rings (SSSR count). The molecule has 0 saturated heterocycles. The van der Waals surface area contributed by atoms with Gasteiger partial charge >= 0.3 is 0 Å². The highest BCUT2D eigenvalue weighted by Gasteiger charge is 2.34. The van der Waals surface area contributed by atoms with Crippen LogP contribution in [-0.4, -0.2) is 30.4 Å². The van der Waals surface area contributed by atoms with Crippen molar-refractivity contribution in [3.63, 3.8) is 0 Å². The van der Waals surface area contributed by atoms with E-state index in [4.69, 9.17) is 5.73 Å². The number of rotatable bonds is 7. The Morgan fingerprint density at radius 3 is 1.95 bits per heavy atom. The molecule has 19 heavy (non-hydrogen) atoms. The van der Waals surface area contributed by atoms with Gasteiger partial charge in [0.15, 0.2) is 0 Å². The fourth-order valence-corrected chi connectivity index (χ4v) is 2.75. The molecule has 2 saturated carbocycles. The standard InChI is InChI=1S/C16H30N2O/c1-16(2,3)8-14(9-17)15(19)18(10-12-4-5-12)11-13-6-7-13/h12-14H,4-11,17H2,1-3H3. The average Bonchev–Trinajstić information content (AvgIpc) is 3.17. The van der Waals surface area contributed by atoms with Crippen molar-refractivity contribution >= 4 is 5.91 Å². The van der Waals surface area contributed by atoms with Crippen molar-refractivity contribution in [1.82, 2.24) is 4.90 Å². The van der Waals surface area contributed by atoms with Gasteiger partial charge in [-0.2, -0.15) is 0 Å². The van der Waals surface area contributed by atoms with Crippen LogP contribution in [0.2, 0.25) is 0 Å². The van der Waals surface area contributed by atoms with E-state index < -0.39 is 0 Å². The molecule has 0 heterocycles. The normalized spacial score (nSPS) is 21.3. The van der Waals surface area contributed by atoms with Gasteiger partial charge in [-0.05, 0) is 49.4 Å². The van der Waals surface area contributed by atoms with Crippen LogP contribution in [0.25, 0.3) is 0 Å². The monoisotopic (exact) mass is 266 g/mol. The molecule has 3 heteroatoms. The van der Waals surface area contributed by atoms with Gasteiger partial charge in [0.25, 0.3) is 0 Å². The summed E-state index contributed by atoms with van der Waals surface area (Å²) in [4.78, 5) is 14.9. The van der Waals surface area contributed by atoms with Crippen molar-refractivity contribution in [2.75, 3.05) is 19.6 Å². The molecule has 1 atom stereocenters. The van der Waals surface area contributed by atoms with Crippen LogP contribution < -0.4 is 5.73 Å². The molecule has 3 nitrogen and oxygen atoms in total. The average molecular weight is 266 g/mol. The Balaban J connectivity index is 1.93. The predicted octanol–water partition coefficient (Wildman–Crippen LogP) is 2.65. The summed E-state index contributed by atoms with van der Waals surface area (Å²) in [6.07, 6.45) is 6.12. The van der Waals surface area contributed by atoms with Gasteiger partial charge in [-0.25, -0.2) is 0 Å². The molecule has 2 aliphatic carbocycles. The molecule has 0 aromatic carbocycles. The number of amides is 1. The van der Waals surface area contributed by atoms with Crippen molar-refractivity contribution in [3.8, 4) is 0 Å². The Morgan fingerprint density at radius 2 is 1.63 bits per heavy atom. The van der Waals surface area contributed by atoms with Gasteiger partial charge < -0.3 is 10.6 Å². The second-order valence-corrected chi connectivity index (χ2v) is 7.83. The minimum Gasteiger partial charge on any atom is -0.342 e. The zero-order chi connectivity index (χ0) is 14.0. The fraction of sp³-hybridized carbons (Fsp3) is 0.938. The summed E-state index contributed by atoms with van der Waals surface area (Å²) in [5, 5.41) is 0. The molecular weight excluding hydrogens is 236 g/mol. The third-order valence-corrected chi connectivity index (χ3v) is 4.16. The van der Waals surface area contributed by atoms with Crippen LogP contribution in [0, 0.1) is 23.2 Å². The maximum absolute atomic E-state index is 12.7. The van der Waals surface area contributed by atoms with Crippen LogP contribution in [0.1, 0.15) is 52.9 Å². The zero-order valence-corrected chi connectivity index (χ0v) is 12.8. The molecule has 2 aliphatic rings. The van der Waals surface area contributed by atoms with Gasteiger partial charge in [0.2, 0.25) is 5.91 Å². The van der Waals surface area contributed by atoms with Gasteiger partial charge in [-0.1, -0.05) is 20.8 Å². The van der Waals surface area contributed by atoms with Crippen molar-refractivity contribution in [2.24, 2.45) is 28.9 Å². The second-order valence-electron chi connectivity index (χ2n) is 7.83. The lowest BCUT2D eigenvalue weighted by Gasteiger charge is -2.30. The van der Waals surface area contributed by atoms with E-state index in [9.17, 15) is 4.79 Å². The Hall–Kier alpha value is -0.570. The lowest BCUT2D eigenvalue weighted by molar-refractivity contribution is -0.136. The van der Waals surface area contributed by atoms with Gasteiger partial charge in [0, 0.05) is 19.6 Å². The van der Waals surface area contributed by atoms with E-state index >= 15 is 0 Å². The van der Waals surface area contributed by atoms with Crippen LogP contribution in [0.4, 0.5) is 0 Å². The summed E-state index contributed by atoms with van der Waals surface area (Å²) in [6, 6.07) is 0. The van der Waals surface area contributed by atoms with Crippen molar-refractivity contribution in [3.05, 3.63) is 0 Å². The molecular formula is C16H30N2O. The number of carbonyl (C=O) groups is 1. The van der Waals surface area contributed by atoms with Crippen molar-refractivity contribution in [2.45, 2.75) is 52.9 Å². The van der Waals surface area contributed by atoms with Gasteiger partial charge in [0.05, 0.1) is 5.92 Å². The molecule has 0 aromatic heterocycles. The molecule has 1 amide bonds. The highest BCUT2D eigenvalue weighted by Crippen LogP contribution is 2.35. The van der Waals surface area contributed by atoms with Gasteiger partial charge in [-0.3, -0.25) is 4.79 Å². The first kappa shape index (κ1) is 14.8. The van der Waals surface area contributed by atoms with E-state index in [1.165, 1.54) is 25.7 Å². The molecule has 0 spiro atoms. The Morgan fingerprint density at radius 1 is 1.16 bits per heavy atom. The molecule has 0 aromatic rings.